The van der Waals surface area contributed by atoms with E-state index in [1.165, 1.54) is 6.07 Å². The number of H-pyrrole nitrogens is 1. The van der Waals surface area contributed by atoms with Crippen LogP contribution in [-0.4, -0.2) is 16.6 Å². The number of hydrogen-bond acceptors (Lipinski definition) is 4. The molecule has 1 aliphatic rings. The number of nitrogen functional groups attached to an aromatic ring is 1. The van der Waals surface area contributed by atoms with Crippen LogP contribution in [0.3, 0.4) is 0 Å². The van der Waals surface area contributed by atoms with E-state index in [4.69, 9.17) is 33.7 Å². The summed E-state index contributed by atoms with van der Waals surface area (Å²) in [5, 5.41) is 0.880. The lowest BCUT2D eigenvalue weighted by atomic mass is 10.0. The average Bonchev–Trinajstić information content (AvgIpc) is 2.76. The van der Waals surface area contributed by atoms with Crippen LogP contribution in [0.25, 0.3) is 11.3 Å². The molecule has 5 nitrogen and oxygen atoms in total. The Morgan fingerprint density at radius 2 is 2.11 bits per heavy atom. The zero-order chi connectivity index (χ0) is 13.6. The fourth-order valence-electron chi connectivity index (χ4n) is 2.18. The van der Waals surface area contributed by atoms with Gasteiger partial charge in [-0.1, -0.05) is 23.2 Å². The largest absolute Gasteiger partial charge is 0.491 e. The zero-order valence-electron chi connectivity index (χ0n) is 9.67. The third-order valence-corrected chi connectivity index (χ3v) is 3.48. The van der Waals surface area contributed by atoms with Gasteiger partial charge in [0.05, 0.1) is 22.3 Å². The second-order valence-electron chi connectivity index (χ2n) is 4.14. The van der Waals surface area contributed by atoms with Crippen molar-refractivity contribution >= 4 is 29.2 Å². The number of halogens is 2. The Bertz CT molecular complexity index is 728. The van der Waals surface area contributed by atoms with E-state index in [2.05, 4.69) is 9.97 Å². The lowest BCUT2D eigenvalue weighted by Crippen LogP contribution is -2.10. The quantitative estimate of drug-likeness (QED) is 0.846. The molecule has 0 atom stereocenters. The van der Waals surface area contributed by atoms with Crippen LogP contribution in [0.2, 0.25) is 10.0 Å². The van der Waals surface area contributed by atoms with Gasteiger partial charge in [0, 0.05) is 23.6 Å². The number of nitrogens with zero attached hydrogens (tertiary/aromatic N) is 1. The number of aromatic amines is 1. The summed E-state index contributed by atoms with van der Waals surface area (Å²) >= 11 is 12.3. The van der Waals surface area contributed by atoms with Gasteiger partial charge in [-0.05, 0) is 6.07 Å². The van der Waals surface area contributed by atoms with Crippen molar-refractivity contribution in [2.75, 3.05) is 12.3 Å². The summed E-state index contributed by atoms with van der Waals surface area (Å²) in [6.45, 7) is 0.529. The van der Waals surface area contributed by atoms with Gasteiger partial charge in [-0.3, -0.25) is 9.78 Å². The van der Waals surface area contributed by atoms with E-state index < -0.39 is 0 Å². The molecule has 2 aromatic rings. The highest BCUT2D eigenvalue weighted by Crippen LogP contribution is 2.43. The Morgan fingerprint density at radius 1 is 1.32 bits per heavy atom. The lowest BCUT2D eigenvalue weighted by Gasteiger charge is -2.10. The SMILES string of the molecule is Nc1nc(-c2c(Cl)cc(Cl)c3c2CCO3)cc(=O)[nH]1. The molecule has 0 saturated carbocycles. The van der Waals surface area contributed by atoms with Gasteiger partial charge in [-0.25, -0.2) is 4.98 Å². The molecular weight excluding hydrogens is 289 g/mol. The van der Waals surface area contributed by atoms with Crippen LogP contribution < -0.4 is 16.0 Å². The highest BCUT2D eigenvalue weighted by Gasteiger charge is 2.24. The molecule has 0 fully saturated rings. The van der Waals surface area contributed by atoms with Crippen molar-refractivity contribution in [1.82, 2.24) is 9.97 Å². The normalized spacial score (nSPS) is 13.2. The molecule has 0 amide bonds. The summed E-state index contributed by atoms with van der Waals surface area (Å²) in [4.78, 5) is 18.0. The maximum atomic E-state index is 11.5. The molecule has 19 heavy (non-hydrogen) atoms. The van der Waals surface area contributed by atoms with Crippen molar-refractivity contribution in [2.24, 2.45) is 0 Å². The maximum Gasteiger partial charge on any atom is 0.252 e. The number of hydrogen-bond donors (Lipinski definition) is 2. The molecule has 0 bridgehead atoms. The molecule has 7 heteroatoms. The number of rotatable bonds is 1. The summed E-state index contributed by atoms with van der Waals surface area (Å²) in [7, 11) is 0. The van der Waals surface area contributed by atoms with Crippen molar-refractivity contribution in [2.45, 2.75) is 6.42 Å². The summed E-state index contributed by atoms with van der Waals surface area (Å²) in [6.07, 6.45) is 0.666. The van der Waals surface area contributed by atoms with E-state index in [-0.39, 0.29) is 11.5 Å². The molecule has 98 valence electrons. The smallest absolute Gasteiger partial charge is 0.252 e. The van der Waals surface area contributed by atoms with Crippen LogP contribution >= 0.6 is 23.2 Å². The van der Waals surface area contributed by atoms with Crippen LogP contribution in [0.1, 0.15) is 5.56 Å². The third-order valence-electron chi connectivity index (χ3n) is 2.90. The molecule has 1 aromatic carbocycles. The van der Waals surface area contributed by atoms with Gasteiger partial charge in [0.25, 0.3) is 5.56 Å². The summed E-state index contributed by atoms with van der Waals surface area (Å²) in [6, 6.07) is 2.94. The van der Waals surface area contributed by atoms with Gasteiger partial charge in [-0.15, -0.1) is 0 Å². The Morgan fingerprint density at radius 3 is 2.84 bits per heavy atom. The summed E-state index contributed by atoms with van der Waals surface area (Å²) in [5.74, 6) is 0.642. The van der Waals surface area contributed by atoms with Crippen LogP contribution in [0, 0.1) is 0 Å². The monoisotopic (exact) mass is 297 g/mol. The number of ether oxygens (including phenoxy) is 1. The molecule has 1 aromatic heterocycles. The summed E-state index contributed by atoms with van der Waals surface area (Å²) < 4.78 is 5.47. The van der Waals surface area contributed by atoms with E-state index in [1.54, 1.807) is 6.07 Å². The zero-order valence-corrected chi connectivity index (χ0v) is 11.2. The highest BCUT2D eigenvalue weighted by atomic mass is 35.5. The number of nitrogens with one attached hydrogen (secondary N) is 1. The van der Waals surface area contributed by atoms with Crippen molar-refractivity contribution in [3.05, 3.63) is 38.1 Å². The number of aromatic nitrogens is 2. The fraction of sp³-hybridized carbons (Fsp3) is 0.167. The first-order chi connectivity index (χ1) is 9.06. The molecule has 3 N–H and O–H groups in total. The van der Waals surface area contributed by atoms with Crippen molar-refractivity contribution in [3.8, 4) is 17.0 Å². The topological polar surface area (TPSA) is 81.0 Å². The first kappa shape index (κ1) is 12.3. The predicted octanol–water partition coefficient (Wildman–Crippen LogP) is 2.26. The number of anilines is 1. The molecule has 0 unspecified atom stereocenters. The molecule has 0 spiro atoms. The van der Waals surface area contributed by atoms with Crippen molar-refractivity contribution in [1.29, 1.82) is 0 Å². The van der Waals surface area contributed by atoms with E-state index >= 15 is 0 Å². The van der Waals surface area contributed by atoms with Crippen LogP contribution in [0.5, 0.6) is 5.75 Å². The second-order valence-corrected chi connectivity index (χ2v) is 4.95. The Balaban J connectivity index is 2.31. The number of nitrogens with two attached hydrogens (primary N) is 1. The first-order valence-electron chi connectivity index (χ1n) is 5.57. The van der Waals surface area contributed by atoms with Gasteiger partial charge in [0.15, 0.2) is 0 Å². The van der Waals surface area contributed by atoms with Gasteiger partial charge in [0.1, 0.15) is 5.75 Å². The average molecular weight is 298 g/mol. The molecule has 0 radical (unpaired) electrons. The van der Waals surface area contributed by atoms with Gasteiger partial charge >= 0.3 is 0 Å². The van der Waals surface area contributed by atoms with Gasteiger partial charge < -0.3 is 10.5 Å². The Kier molecular flexibility index (Phi) is 2.88. The van der Waals surface area contributed by atoms with E-state index in [9.17, 15) is 4.79 Å². The predicted molar refractivity (Wildman–Crippen MR) is 73.9 cm³/mol. The molecule has 0 aliphatic carbocycles. The fourth-order valence-corrected chi connectivity index (χ4v) is 2.84. The standard InChI is InChI=1S/C12H9Cl2N3O2/c13-6-3-7(14)11-5(1-2-19-11)10(6)8-4-9(18)17-12(15)16-8/h3-4H,1-2H2,(H3,15,16,17,18). The van der Waals surface area contributed by atoms with Crippen molar-refractivity contribution in [3.63, 3.8) is 0 Å². The molecule has 0 saturated heterocycles. The van der Waals surface area contributed by atoms with E-state index in [0.717, 1.165) is 5.56 Å². The third kappa shape index (κ3) is 2.05. The number of benzene rings is 1. The highest BCUT2D eigenvalue weighted by molar-refractivity contribution is 6.37. The summed E-state index contributed by atoms with van der Waals surface area (Å²) in [5.41, 5.74) is 7.15. The van der Waals surface area contributed by atoms with Crippen LogP contribution in [-0.2, 0) is 6.42 Å². The Labute approximate surface area is 118 Å². The minimum atomic E-state index is -0.332. The van der Waals surface area contributed by atoms with E-state index in [0.29, 0.717) is 40.1 Å². The minimum absolute atomic E-state index is 0.0428. The lowest BCUT2D eigenvalue weighted by molar-refractivity contribution is 0.357. The van der Waals surface area contributed by atoms with E-state index in [1.807, 2.05) is 0 Å². The number of fused-ring (bicyclic) bond motifs is 1. The second kappa shape index (κ2) is 4.43. The van der Waals surface area contributed by atoms with Gasteiger partial charge in [-0.2, -0.15) is 0 Å². The molecule has 2 heterocycles. The van der Waals surface area contributed by atoms with Crippen LogP contribution in [0.4, 0.5) is 5.95 Å². The first-order valence-corrected chi connectivity index (χ1v) is 6.32. The molecule has 3 rings (SSSR count). The molecular formula is C12H9Cl2N3O2. The maximum absolute atomic E-state index is 11.5. The minimum Gasteiger partial charge on any atom is -0.491 e. The Hall–Kier alpha value is -1.72. The van der Waals surface area contributed by atoms with Crippen molar-refractivity contribution < 1.29 is 4.74 Å². The van der Waals surface area contributed by atoms with Crippen LogP contribution in [0.15, 0.2) is 16.9 Å². The molecule has 1 aliphatic heterocycles. The van der Waals surface area contributed by atoms with Gasteiger partial charge in [0.2, 0.25) is 5.95 Å².